The van der Waals surface area contributed by atoms with Crippen LogP contribution in [0.1, 0.15) is 20.3 Å². The van der Waals surface area contributed by atoms with Crippen molar-refractivity contribution in [3.05, 3.63) is 36.5 Å². The van der Waals surface area contributed by atoms with Gasteiger partial charge in [-0.3, -0.25) is 0 Å². The van der Waals surface area contributed by atoms with Crippen molar-refractivity contribution < 1.29 is 5.11 Å². The number of hydrogen-bond acceptors (Lipinski definition) is 1. The Morgan fingerprint density at radius 3 is 2.64 bits per heavy atom. The van der Waals surface area contributed by atoms with Crippen LogP contribution in [0.4, 0.5) is 0 Å². The summed E-state index contributed by atoms with van der Waals surface area (Å²) in [7, 11) is 0. The predicted octanol–water partition coefficient (Wildman–Crippen LogP) is 2.45. The minimum absolute atomic E-state index is 0.301. The lowest BCUT2D eigenvalue weighted by Crippen LogP contribution is -2.04. The second-order valence-corrected chi connectivity index (χ2v) is 2.46. The summed E-state index contributed by atoms with van der Waals surface area (Å²) < 4.78 is 0. The standard InChI is InChI=1S/C10H16O/c1-4-6-7-8-9(3)10(11)5-2/h4,6-8,10-11H,1,5H2,2-3H3/b7-6-,9-8+. The molecule has 0 saturated heterocycles. The third-order valence-electron chi connectivity index (χ3n) is 1.52. The molecule has 62 valence electrons. The first kappa shape index (κ1) is 10.2. The monoisotopic (exact) mass is 152 g/mol. The van der Waals surface area contributed by atoms with Gasteiger partial charge in [-0.05, 0) is 18.9 Å². The maximum Gasteiger partial charge on any atom is 0.0747 e. The minimum Gasteiger partial charge on any atom is -0.389 e. The predicted molar refractivity (Wildman–Crippen MR) is 49.4 cm³/mol. The van der Waals surface area contributed by atoms with Gasteiger partial charge in [-0.1, -0.05) is 37.8 Å². The SMILES string of the molecule is C=C/C=C\C=C(/C)C(O)CC. The van der Waals surface area contributed by atoms with E-state index < -0.39 is 0 Å². The van der Waals surface area contributed by atoms with E-state index in [4.69, 9.17) is 0 Å². The van der Waals surface area contributed by atoms with E-state index >= 15 is 0 Å². The molecule has 0 aromatic heterocycles. The second-order valence-electron chi connectivity index (χ2n) is 2.46. The van der Waals surface area contributed by atoms with E-state index in [1.165, 1.54) is 0 Å². The average Bonchev–Trinajstić information content (AvgIpc) is 2.03. The van der Waals surface area contributed by atoms with Gasteiger partial charge < -0.3 is 5.11 Å². The molecule has 0 amide bonds. The Labute approximate surface area is 68.7 Å². The molecule has 0 bridgehead atoms. The van der Waals surface area contributed by atoms with Crippen LogP contribution in [0.25, 0.3) is 0 Å². The molecular formula is C10H16O. The summed E-state index contributed by atoms with van der Waals surface area (Å²) >= 11 is 0. The Morgan fingerprint density at radius 2 is 2.18 bits per heavy atom. The van der Waals surface area contributed by atoms with Crippen LogP contribution >= 0.6 is 0 Å². The smallest absolute Gasteiger partial charge is 0.0747 e. The highest BCUT2D eigenvalue weighted by atomic mass is 16.3. The molecule has 1 heteroatoms. The molecular weight excluding hydrogens is 136 g/mol. The quantitative estimate of drug-likeness (QED) is 0.613. The molecule has 0 aromatic carbocycles. The maximum absolute atomic E-state index is 9.30. The van der Waals surface area contributed by atoms with Gasteiger partial charge in [0.25, 0.3) is 0 Å². The molecule has 1 unspecified atom stereocenters. The fourth-order valence-corrected chi connectivity index (χ4v) is 0.719. The van der Waals surface area contributed by atoms with E-state index in [9.17, 15) is 5.11 Å². The first-order valence-corrected chi connectivity index (χ1v) is 3.86. The lowest BCUT2D eigenvalue weighted by molar-refractivity contribution is 0.206. The van der Waals surface area contributed by atoms with Gasteiger partial charge in [0.15, 0.2) is 0 Å². The van der Waals surface area contributed by atoms with Crippen LogP contribution in [-0.4, -0.2) is 11.2 Å². The molecule has 0 aromatic rings. The molecule has 0 rings (SSSR count). The largest absolute Gasteiger partial charge is 0.389 e. The van der Waals surface area contributed by atoms with E-state index in [0.717, 1.165) is 12.0 Å². The molecule has 1 nitrogen and oxygen atoms in total. The summed E-state index contributed by atoms with van der Waals surface area (Å²) in [5, 5.41) is 9.30. The first-order valence-electron chi connectivity index (χ1n) is 3.86. The van der Waals surface area contributed by atoms with Crippen LogP contribution in [0.2, 0.25) is 0 Å². The highest BCUT2D eigenvalue weighted by Crippen LogP contribution is 2.04. The van der Waals surface area contributed by atoms with Crippen LogP contribution in [0.3, 0.4) is 0 Å². The zero-order chi connectivity index (χ0) is 8.69. The van der Waals surface area contributed by atoms with Gasteiger partial charge in [0.1, 0.15) is 0 Å². The summed E-state index contributed by atoms with van der Waals surface area (Å²) in [6.45, 7) is 7.42. The minimum atomic E-state index is -0.301. The number of aliphatic hydroxyl groups excluding tert-OH is 1. The zero-order valence-corrected chi connectivity index (χ0v) is 7.25. The number of rotatable bonds is 4. The van der Waals surface area contributed by atoms with Crippen LogP contribution in [0, 0.1) is 0 Å². The number of allylic oxidation sites excluding steroid dienone is 4. The summed E-state index contributed by atoms with van der Waals surface area (Å²) in [5.41, 5.74) is 0.991. The third-order valence-corrected chi connectivity index (χ3v) is 1.52. The van der Waals surface area contributed by atoms with Gasteiger partial charge in [-0.25, -0.2) is 0 Å². The molecule has 0 aliphatic carbocycles. The van der Waals surface area contributed by atoms with Gasteiger partial charge >= 0.3 is 0 Å². The number of hydrogen-bond donors (Lipinski definition) is 1. The van der Waals surface area contributed by atoms with Crippen LogP contribution in [0.5, 0.6) is 0 Å². The second kappa shape index (κ2) is 5.93. The summed E-state index contributed by atoms with van der Waals surface area (Å²) in [4.78, 5) is 0. The molecule has 1 atom stereocenters. The van der Waals surface area contributed by atoms with Crippen molar-refractivity contribution in [3.8, 4) is 0 Å². The van der Waals surface area contributed by atoms with Crippen molar-refractivity contribution in [3.63, 3.8) is 0 Å². The Kier molecular flexibility index (Phi) is 5.49. The molecule has 0 aliphatic heterocycles. The highest BCUT2D eigenvalue weighted by molar-refractivity contribution is 5.16. The fraction of sp³-hybridized carbons (Fsp3) is 0.400. The highest BCUT2D eigenvalue weighted by Gasteiger charge is 1.99. The van der Waals surface area contributed by atoms with Gasteiger partial charge in [-0.2, -0.15) is 0 Å². The van der Waals surface area contributed by atoms with Crippen molar-refractivity contribution in [2.75, 3.05) is 0 Å². The van der Waals surface area contributed by atoms with Gasteiger partial charge in [0.2, 0.25) is 0 Å². The summed E-state index contributed by atoms with van der Waals surface area (Å²) in [6.07, 6.45) is 7.79. The van der Waals surface area contributed by atoms with E-state index in [1.807, 2.05) is 32.1 Å². The normalized spacial score (nSPS) is 15.4. The first-order chi connectivity index (χ1) is 5.22. The van der Waals surface area contributed by atoms with E-state index in [1.54, 1.807) is 6.08 Å². The molecule has 0 spiro atoms. The Bertz CT molecular complexity index is 166. The molecule has 1 N–H and O–H groups in total. The molecule has 0 fully saturated rings. The Balaban J connectivity index is 3.98. The summed E-state index contributed by atoms with van der Waals surface area (Å²) in [5.74, 6) is 0. The van der Waals surface area contributed by atoms with E-state index in [2.05, 4.69) is 6.58 Å². The Morgan fingerprint density at radius 1 is 1.55 bits per heavy atom. The van der Waals surface area contributed by atoms with Gasteiger partial charge in [0.05, 0.1) is 6.10 Å². The van der Waals surface area contributed by atoms with Crippen molar-refractivity contribution in [1.82, 2.24) is 0 Å². The maximum atomic E-state index is 9.30. The Hall–Kier alpha value is -0.820. The van der Waals surface area contributed by atoms with Crippen LogP contribution < -0.4 is 0 Å². The van der Waals surface area contributed by atoms with Gasteiger partial charge in [-0.15, -0.1) is 0 Å². The van der Waals surface area contributed by atoms with E-state index in [0.29, 0.717) is 0 Å². The van der Waals surface area contributed by atoms with Crippen LogP contribution in [-0.2, 0) is 0 Å². The van der Waals surface area contributed by atoms with Crippen LogP contribution in [0.15, 0.2) is 36.5 Å². The molecule has 11 heavy (non-hydrogen) atoms. The zero-order valence-electron chi connectivity index (χ0n) is 7.25. The van der Waals surface area contributed by atoms with Crippen molar-refractivity contribution in [2.24, 2.45) is 0 Å². The number of aliphatic hydroxyl groups is 1. The third kappa shape index (κ3) is 4.57. The molecule has 0 radical (unpaired) electrons. The van der Waals surface area contributed by atoms with E-state index in [-0.39, 0.29) is 6.10 Å². The molecule has 0 saturated carbocycles. The molecule has 0 heterocycles. The topological polar surface area (TPSA) is 20.2 Å². The lowest BCUT2D eigenvalue weighted by atomic mass is 10.1. The lowest BCUT2D eigenvalue weighted by Gasteiger charge is -2.05. The summed E-state index contributed by atoms with van der Waals surface area (Å²) in [6, 6.07) is 0. The van der Waals surface area contributed by atoms with Crippen molar-refractivity contribution in [1.29, 1.82) is 0 Å². The van der Waals surface area contributed by atoms with Gasteiger partial charge in [0, 0.05) is 0 Å². The fourth-order valence-electron chi connectivity index (χ4n) is 0.719. The van der Waals surface area contributed by atoms with Crippen molar-refractivity contribution >= 4 is 0 Å². The van der Waals surface area contributed by atoms with Crippen molar-refractivity contribution in [2.45, 2.75) is 26.4 Å². The molecule has 0 aliphatic rings. The average molecular weight is 152 g/mol.